The Kier molecular flexibility index (Phi) is 4.69. The summed E-state index contributed by atoms with van der Waals surface area (Å²) in [6, 6.07) is 10.3. The number of methoxy groups -OCH3 is 1. The van der Waals surface area contributed by atoms with Crippen molar-refractivity contribution in [3.05, 3.63) is 52.0 Å². The lowest BCUT2D eigenvalue weighted by atomic mass is 9.98. The van der Waals surface area contributed by atoms with Gasteiger partial charge in [-0.1, -0.05) is 17.7 Å². The molecule has 0 fully saturated rings. The number of hydrogen-bond acceptors (Lipinski definition) is 2. The molecule has 20 heavy (non-hydrogen) atoms. The smallest absolute Gasteiger partial charge is 0.123 e. The van der Waals surface area contributed by atoms with Crippen LogP contribution in [0.5, 0.6) is 5.75 Å². The molecule has 0 aromatic heterocycles. The van der Waals surface area contributed by atoms with Gasteiger partial charge in [0.05, 0.1) is 7.11 Å². The molecule has 2 aromatic carbocycles. The maximum absolute atomic E-state index is 6.39. The lowest BCUT2D eigenvalue weighted by molar-refractivity contribution is 0.408. The highest BCUT2D eigenvalue weighted by Crippen LogP contribution is 2.33. The Morgan fingerprint density at radius 1 is 1.10 bits per heavy atom. The van der Waals surface area contributed by atoms with Gasteiger partial charge in [0.15, 0.2) is 0 Å². The highest BCUT2D eigenvalue weighted by atomic mass is 35.5. The first-order chi connectivity index (χ1) is 9.56. The predicted octanol–water partition coefficient (Wildman–Crippen LogP) is 4.35. The first-order valence-corrected chi connectivity index (χ1v) is 7.03. The van der Waals surface area contributed by atoms with E-state index in [0.717, 1.165) is 34.0 Å². The Hall–Kier alpha value is -1.51. The van der Waals surface area contributed by atoms with Crippen molar-refractivity contribution in [2.45, 2.75) is 20.4 Å². The Morgan fingerprint density at radius 2 is 1.80 bits per heavy atom. The summed E-state index contributed by atoms with van der Waals surface area (Å²) in [4.78, 5) is 0. The second-order valence-electron chi connectivity index (χ2n) is 4.97. The number of benzene rings is 2. The average Bonchev–Trinajstić information content (AvgIpc) is 2.43. The fourth-order valence-corrected chi connectivity index (χ4v) is 2.60. The molecule has 0 aliphatic heterocycles. The van der Waals surface area contributed by atoms with Crippen LogP contribution in [-0.4, -0.2) is 14.2 Å². The summed E-state index contributed by atoms with van der Waals surface area (Å²) >= 11 is 6.39. The van der Waals surface area contributed by atoms with E-state index in [-0.39, 0.29) is 0 Å². The van der Waals surface area contributed by atoms with Crippen LogP contribution in [0.3, 0.4) is 0 Å². The van der Waals surface area contributed by atoms with E-state index in [9.17, 15) is 0 Å². The summed E-state index contributed by atoms with van der Waals surface area (Å²) in [5, 5.41) is 3.95. The predicted molar refractivity (Wildman–Crippen MR) is 85.7 cm³/mol. The molecule has 2 aromatic rings. The Morgan fingerprint density at radius 3 is 2.45 bits per heavy atom. The van der Waals surface area contributed by atoms with Gasteiger partial charge in [0.1, 0.15) is 5.75 Å². The summed E-state index contributed by atoms with van der Waals surface area (Å²) < 4.78 is 5.39. The second-order valence-corrected chi connectivity index (χ2v) is 5.38. The summed E-state index contributed by atoms with van der Waals surface area (Å²) in [5.74, 6) is 0.892. The van der Waals surface area contributed by atoms with Crippen molar-refractivity contribution in [2.24, 2.45) is 0 Å². The van der Waals surface area contributed by atoms with Gasteiger partial charge in [-0.3, -0.25) is 0 Å². The molecule has 0 aliphatic rings. The molecule has 0 saturated carbocycles. The van der Waals surface area contributed by atoms with Gasteiger partial charge < -0.3 is 10.1 Å². The van der Waals surface area contributed by atoms with Crippen LogP contribution in [0.2, 0.25) is 5.02 Å². The quantitative estimate of drug-likeness (QED) is 0.903. The lowest BCUT2D eigenvalue weighted by Gasteiger charge is -2.13. The Bertz CT molecular complexity index is 623. The number of hydrogen-bond donors (Lipinski definition) is 1. The molecule has 106 valence electrons. The highest BCUT2D eigenvalue weighted by Gasteiger charge is 2.09. The van der Waals surface area contributed by atoms with E-state index in [1.54, 1.807) is 7.11 Å². The van der Waals surface area contributed by atoms with Crippen molar-refractivity contribution >= 4 is 11.6 Å². The van der Waals surface area contributed by atoms with Crippen LogP contribution in [-0.2, 0) is 6.54 Å². The third kappa shape index (κ3) is 2.97. The molecule has 0 aliphatic carbocycles. The molecule has 2 rings (SSSR count). The normalized spacial score (nSPS) is 10.7. The van der Waals surface area contributed by atoms with Crippen molar-refractivity contribution in [3.8, 4) is 16.9 Å². The minimum atomic E-state index is 0.763. The van der Waals surface area contributed by atoms with Gasteiger partial charge in [-0.05, 0) is 61.9 Å². The number of nitrogens with one attached hydrogen (secondary N) is 1. The van der Waals surface area contributed by atoms with E-state index in [0.29, 0.717) is 0 Å². The van der Waals surface area contributed by atoms with Crippen molar-refractivity contribution in [2.75, 3.05) is 14.2 Å². The van der Waals surface area contributed by atoms with E-state index in [4.69, 9.17) is 16.3 Å². The van der Waals surface area contributed by atoms with Gasteiger partial charge in [0, 0.05) is 22.7 Å². The van der Waals surface area contributed by atoms with Crippen molar-refractivity contribution in [1.82, 2.24) is 5.32 Å². The number of halogens is 1. The molecule has 0 radical (unpaired) electrons. The van der Waals surface area contributed by atoms with Crippen LogP contribution in [0.15, 0.2) is 30.3 Å². The highest BCUT2D eigenvalue weighted by molar-refractivity contribution is 6.33. The van der Waals surface area contributed by atoms with Gasteiger partial charge in [-0.2, -0.15) is 0 Å². The Balaban J connectivity index is 2.53. The lowest BCUT2D eigenvalue weighted by Crippen LogP contribution is -2.06. The van der Waals surface area contributed by atoms with Crippen LogP contribution in [0, 0.1) is 13.8 Å². The van der Waals surface area contributed by atoms with E-state index in [2.05, 4.69) is 31.3 Å². The Labute approximate surface area is 125 Å². The SMILES string of the molecule is CNCc1cc(-c2cc(C)c(C)cc2Cl)ccc1OC. The minimum Gasteiger partial charge on any atom is -0.496 e. The van der Waals surface area contributed by atoms with E-state index < -0.39 is 0 Å². The third-order valence-corrected chi connectivity index (χ3v) is 3.85. The number of aryl methyl sites for hydroxylation is 2. The summed E-state index contributed by atoms with van der Waals surface area (Å²) in [7, 11) is 3.62. The van der Waals surface area contributed by atoms with Crippen molar-refractivity contribution in [1.29, 1.82) is 0 Å². The summed E-state index contributed by atoms with van der Waals surface area (Å²) in [6.45, 7) is 4.94. The number of ether oxygens (including phenoxy) is 1. The van der Waals surface area contributed by atoms with Crippen LogP contribution in [0.1, 0.15) is 16.7 Å². The van der Waals surface area contributed by atoms with Gasteiger partial charge >= 0.3 is 0 Å². The minimum absolute atomic E-state index is 0.763. The topological polar surface area (TPSA) is 21.3 Å². The molecule has 3 heteroatoms. The third-order valence-electron chi connectivity index (χ3n) is 3.54. The molecule has 0 amide bonds. The molecule has 0 heterocycles. The first kappa shape index (κ1) is 14.9. The fraction of sp³-hybridized carbons (Fsp3) is 0.294. The zero-order chi connectivity index (χ0) is 14.7. The molecule has 2 nitrogen and oxygen atoms in total. The van der Waals surface area contributed by atoms with E-state index in [1.165, 1.54) is 11.1 Å². The molecule has 0 saturated heterocycles. The standard InChI is InChI=1S/C17H20ClNO/c1-11-7-15(16(18)8-12(11)2)13-5-6-17(20-4)14(9-13)10-19-3/h5-9,19H,10H2,1-4H3. The van der Waals surface area contributed by atoms with Crippen molar-refractivity contribution < 1.29 is 4.74 Å². The zero-order valence-electron chi connectivity index (χ0n) is 12.4. The van der Waals surface area contributed by atoms with Crippen LogP contribution >= 0.6 is 11.6 Å². The molecule has 1 N–H and O–H groups in total. The first-order valence-electron chi connectivity index (χ1n) is 6.65. The maximum Gasteiger partial charge on any atom is 0.123 e. The number of rotatable bonds is 4. The van der Waals surface area contributed by atoms with Gasteiger partial charge in [0.25, 0.3) is 0 Å². The monoisotopic (exact) mass is 289 g/mol. The van der Waals surface area contributed by atoms with Crippen LogP contribution < -0.4 is 10.1 Å². The fourth-order valence-electron chi connectivity index (χ4n) is 2.28. The van der Waals surface area contributed by atoms with Gasteiger partial charge in [-0.25, -0.2) is 0 Å². The largest absolute Gasteiger partial charge is 0.496 e. The van der Waals surface area contributed by atoms with E-state index in [1.807, 2.05) is 25.2 Å². The molecule has 0 unspecified atom stereocenters. The average molecular weight is 290 g/mol. The molecular weight excluding hydrogens is 270 g/mol. The zero-order valence-corrected chi connectivity index (χ0v) is 13.1. The van der Waals surface area contributed by atoms with E-state index >= 15 is 0 Å². The molecule has 0 spiro atoms. The molecule has 0 bridgehead atoms. The van der Waals surface area contributed by atoms with Crippen LogP contribution in [0.4, 0.5) is 0 Å². The summed E-state index contributed by atoms with van der Waals surface area (Å²) in [5.41, 5.74) is 5.76. The molecule has 0 atom stereocenters. The van der Waals surface area contributed by atoms with Crippen LogP contribution in [0.25, 0.3) is 11.1 Å². The van der Waals surface area contributed by atoms with Gasteiger partial charge in [-0.15, -0.1) is 0 Å². The van der Waals surface area contributed by atoms with Gasteiger partial charge in [0.2, 0.25) is 0 Å². The summed E-state index contributed by atoms with van der Waals surface area (Å²) in [6.07, 6.45) is 0. The molecular formula is C17H20ClNO. The van der Waals surface area contributed by atoms with Crippen molar-refractivity contribution in [3.63, 3.8) is 0 Å². The second kappa shape index (κ2) is 6.29. The maximum atomic E-state index is 6.39.